The molecule has 132 valence electrons. The third-order valence-electron chi connectivity index (χ3n) is 4.36. The van der Waals surface area contributed by atoms with Crippen LogP contribution >= 0.6 is 0 Å². The molecule has 0 saturated heterocycles. The maximum absolute atomic E-state index is 9.81. The fourth-order valence-electron chi connectivity index (χ4n) is 2.70. The Morgan fingerprint density at radius 2 is 1.36 bits per heavy atom. The largest absolute Gasteiger partial charge is 0.395 e. The molecule has 0 bridgehead atoms. The summed E-state index contributed by atoms with van der Waals surface area (Å²) in [7, 11) is 0. The number of hydrogen-bond acceptors (Lipinski definition) is 3. The minimum Gasteiger partial charge on any atom is -0.395 e. The number of rotatable bonds is 15. The summed E-state index contributed by atoms with van der Waals surface area (Å²) in [5.41, 5.74) is 6.50. The molecule has 0 heterocycles. The van der Waals surface area contributed by atoms with E-state index in [2.05, 4.69) is 13.0 Å². The molecule has 0 spiro atoms. The molecule has 2 unspecified atom stereocenters. The topological polar surface area (TPSA) is 66.5 Å². The average molecular weight is 314 g/mol. The van der Waals surface area contributed by atoms with Crippen molar-refractivity contribution in [1.29, 1.82) is 0 Å². The Morgan fingerprint density at radius 1 is 0.909 bits per heavy atom. The molecule has 0 saturated carbocycles. The molecule has 4 N–H and O–H groups in total. The number of nitrogens with two attached hydrogens (primary N) is 1. The van der Waals surface area contributed by atoms with Gasteiger partial charge in [-0.25, -0.2) is 0 Å². The van der Waals surface area contributed by atoms with E-state index < -0.39 is 12.1 Å². The Balaban J connectivity index is 3.39. The normalized spacial score (nSPS) is 15.0. The molecule has 0 aliphatic carbocycles. The Hall–Kier alpha value is -0.380. The lowest BCUT2D eigenvalue weighted by Gasteiger charge is -2.17. The molecule has 0 aliphatic heterocycles. The highest BCUT2D eigenvalue weighted by Gasteiger charge is 2.14. The van der Waals surface area contributed by atoms with Crippen LogP contribution in [0.5, 0.6) is 0 Å². The van der Waals surface area contributed by atoms with Gasteiger partial charge >= 0.3 is 0 Å². The number of unbranched alkanes of at least 4 members (excludes halogenated alkanes) is 11. The van der Waals surface area contributed by atoms with Gasteiger partial charge in [0.25, 0.3) is 0 Å². The van der Waals surface area contributed by atoms with E-state index in [0.29, 0.717) is 0 Å². The summed E-state index contributed by atoms with van der Waals surface area (Å²) in [6.45, 7) is 3.97. The summed E-state index contributed by atoms with van der Waals surface area (Å²) < 4.78 is 0. The smallest absolute Gasteiger partial charge is 0.0920 e. The van der Waals surface area contributed by atoms with Gasteiger partial charge in [0, 0.05) is 0 Å². The minimum atomic E-state index is -0.710. The maximum Gasteiger partial charge on any atom is 0.0920 e. The van der Waals surface area contributed by atoms with Gasteiger partial charge in [-0.1, -0.05) is 77.2 Å². The van der Waals surface area contributed by atoms with E-state index in [1.54, 1.807) is 0 Å². The molecular weight excluding hydrogens is 274 g/mol. The Kier molecular flexibility index (Phi) is 15.2. The fraction of sp³-hybridized carbons (Fsp3) is 0.895. The lowest BCUT2D eigenvalue weighted by molar-refractivity contribution is 0.135. The van der Waals surface area contributed by atoms with Crippen LogP contribution in [0.15, 0.2) is 11.6 Å². The number of aliphatic hydroxyl groups excluding tert-OH is 2. The Morgan fingerprint density at radius 3 is 1.82 bits per heavy atom. The van der Waals surface area contributed by atoms with Crippen LogP contribution in [0.4, 0.5) is 0 Å². The summed E-state index contributed by atoms with van der Waals surface area (Å²) in [5.74, 6) is 0. The van der Waals surface area contributed by atoms with Crippen molar-refractivity contribution in [2.45, 2.75) is 103 Å². The van der Waals surface area contributed by atoms with E-state index in [9.17, 15) is 5.11 Å². The maximum atomic E-state index is 9.81. The summed E-state index contributed by atoms with van der Waals surface area (Å²) in [6, 6.07) is -0.562. The summed E-state index contributed by atoms with van der Waals surface area (Å²) in [4.78, 5) is 0. The lowest BCUT2D eigenvalue weighted by atomic mass is 10.0. The van der Waals surface area contributed by atoms with Gasteiger partial charge in [0.2, 0.25) is 0 Å². The van der Waals surface area contributed by atoms with Gasteiger partial charge in [-0.2, -0.15) is 0 Å². The van der Waals surface area contributed by atoms with Crippen molar-refractivity contribution >= 4 is 0 Å². The summed E-state index contributed by atoms with van der Waals surface area (Å²) in [6.07, 6.45) is 17.2. The molecule has 0 rings (SSSR count). The summed E-state index contributed by atoms with van der Waals surface area (Å²) in [5, 5.41) is 18.7. The van der Waals surface area contributed by atoms with Gasteiger partial charge in [-0.3, -0.25) is 0 Å². The molecule has 0 aliphatic rings. The zero-order valence-electron chi connectivity index (χ0n) is 14.9. The van der Waals surface area contributed by atoms with Crippen molar-refractivity contribution in [3.63, 3.8) is 0 Å². The van der Waals surface area contributed by atoms with E-state index in [1.165, 1.54) is 70.6 Å². The first-order valence-electron chi connectivity index (χ1n) is 9.34. The second-order valence-corrected chi connectivity index (χ2v) is 6.56. The highest BCUT2D eigenvalue weighted by atomic mass is 16.3. The molecule has 3 nitrogen and oxygen atoms in total. The molecule has 0 amide bonds. The first-order chi connectivity index (χ1) is 10.6. The Bertz CT molecular complexity index is 266. The second kappa shape index (κ2) is 15.5. The van der Waals surface area contributed by atoms with E-state index in [1.807, 2.05) is 6.92 Å². The SMILES string of the molecule is CCCCCCCCCCCCC/C=C(/C)C(O)C(N)CO. The van der Waals surface area contributed by atoms with E-state index in [4.69, 9.17) is 10.8 Å². The van der Waals surface area contributed by atoms with E-state index in [-0.39, 0.29) is 6.61 Å². The van der Waals surface area contributed by atoms with Crippen LogP contribution in [0.3, 0.4) is 0 Å². The molecule has 0 aromatic carbocycles. The third-order valence-corrected chi connectivity index (χ3v) is 4.36. The average Bonchev–Trinajstić information content (AvgIpc) is 2.54. The quantitative estimate of drug-likeness (QED) is 0.312. The zero-order valence-corrected chi connectivity index (χ0v) is 14.9. The molecule has 2 atom stereocenters. The van der Waals surface area contributed by atoms with Crippen molar-refractivity contribution in [2.24, 2.45) is 5.73 Å². The Labute approximate surface area is 138 Å². The van der Waals surface area contributed by atoms with Gasteiger partial charge in [-0.15, -0.1) is 0 Å². The predicted molar refractivity (Wildman–Crippen MR) is 95.9 cm³/mol. The second-order valence-electron chi connectivity index (χ2n) is 6.56. The molecular formula is C19H39NO2. The monoisotopic (exact) mass is 313 g/mol. The van der Waals surface area contributed by atoms with Crippen LogP contribution < -0.4 is 5.73 Å². The van der Waals surface area contributed by atoms with E-state index in [0.717, 1.165) is 12.0 Å². The predicted octanol–water partition coefficient (Wildman–Crippen LogP) is 4.31. The van der Waals surface area contributed by atoms with Crippen LogP contribution in [0.1, 0.15) is 90.9 Å². The molecule has 0 fully saturated rings. The van der Waals surface area contributed by atoms with Gasteiger partial charge < -0.3 is 15.9 Å². The van der Waals surface area contributed by atoms with Gasteiger partial charge in [0.1, 0.15) is 0 Å². The first kappa shape index (κ1) is 21.6. The highest BCUT2D eigenvalue weighted by molar-refractivity contribution is 5.07. The van der Waals surface area contributed by atoms with Crippen LogP contribution in [-0.4, -0.2) is 29.0 Å². The van der Waals surface area contributed by atoms with Gasteiger partial charge in [-0.05, 0) is 25.3 Å². The zero-order chi connectivity index (χ0) is 16.6. The number of allylic oxidation sites excluding steroid dienone is 1. The first-order valence-corrected chi connectivity index (χ1v) is 9.34. The van der Waals surface area contributed by atoms with Crippen LogP contribution in [0, 0.1) is 0 Å². The van der Waals surface area contributed by atoms with Gasteiger partial charge in [0.05, 0.1) is 18.8 Å². The molecule has 0 aromatic heterocycles. The molecule has 0 radical (unpaired) electrons. The standard InChI is InChI=1S/C19H39NO2/c1-3-4-5-6-7-8-9-10-11-12-13-14-15-17(2)19(22)18(20)16-21/h15,18-19,21-22H,3-14,16,20H2,1-2H3/b17-15-. The summed E-state index contributed by atoms with van der Waals surface area (Å²) >= 11 is 0. The minimum absolute atomic E-state index is 0.176. The molecule has 3 heteroatoms. The highest BCUT2D eigenvalue weighted by Crippen LogP contribution is 2.13. The lowest BCUT2D eigenvalue weighted by Crippen LogP contribution is -2.38. The van der Waals surface area contributed by atoms with Crippen molar-refractivity contribution in [2.75, 3.05) is 6.61 Å². The molecule has 0 aromatic rings. The van der Waals surface area contributed by atoms with Crippen LogP contribution in [-0.2, 0) is 0 Å². The van der Waals surface area contributed by atoms with Crippen molar-refractivity contribution in [3.05, 3.63) is 11.6 Å². The van der Waals surface area contributed by atoms with Gasteiger partial charge in [0.15, 0.2) is 0 Å². The van der Waals surface area contributed by atoms with E-state index >= 15 is 0 Å². The number of aliphatic hydroxyl groups is 2. The van der Waals surface area contributed by atoms with Crippen molar-refractivity contribution in [1.82, 2.24) is 0 Å². The number of hydrogen-bond donors (Lipinski definition) is 3. The van der Waals surface area contributed by atoms with Crippen molar-refractivity contribution in [3.8, 4) is 0 Å². The van der Waals surface area contributed by atoms with Crippen LogP contribution in [0.2, 0.25) is 0 Å². The van der Waals surface area contributed by atoms with Crippen molar-refractivity contribution < 1.29 is 10.2 Å². The fourth-order valence-corrected chi connectivity index (χ4v) is 2.70. The molecule has 22 heavy (non-hydrogen) atoms. The third kappa shape index (κ3) is 12.2. The van der Waals surface area contributed by atoms with Crippen LogP contribution in [0.25, 0.3) is 0 Å².